The Kier molecular flexibility index (Phi) is 3.11. The zero-order valence-corrected chi connectivity index (χ0v) is 10.9. The topological polar surface area (TPSA) is 52.4 Å². The van der Waals surface area contributed by atoms with E-state index in [4.69, 9.17) is 4.74 Å². The third kappa shape index (κ3) is 2.37. The molecule has 0 bridgehead atoms. The first-order valence-electron chi connectivity index (χ1n) is 6.09. The minimum atomic E-state index is -0.334. The van der Waals surface area contributed by atoms with Gasteiger partial charge >= 0.3 is 0 Å². The van der Waals surface area contributed by atoms with E-state index in [-0.39, 0.29) is 16.2 Å². The standard InChI is InChI=1S/C14H17NO3/c1-4-12(15(16)17)8-10-6-5-7-11-9-14(2,3)18-13(10)11/h5-8H,4,9H2,1-3H3. The lowest BCUT2D eigenvalue weighted by molar-refractivity contribution is -0.425. The molecule has 4 nitrogen and oxygen atoms in total. The number of benzene rings is 1. The van der Waals surface area contributed by atoms with Gasteiger partial charge in [-0.25, -0.2) is 0 Å². The summed E-state index contributed by atoms with van der Waals surface area (Å²) in [4.78, 5) is 10.5. The van der Waals surface area contributed by atoms with E-state index >= 15 is 0 Å². The van der Waals surface area contributed by atoms with Crippen molar-refractivity contribution in [2.45, 2.75) is 39.2 Å². The van der Waals surface area contributed by atoms with Crippen LogP contribution in [0.15, 0.2) is 23.9 Å². The van der Waals surface area contributed by atoms with Gasteiger partial charge in [0.1, 0.15) is 11.4 Å². The number of hydrogen-bond donors (Lipinski definition) is 0. The van der Waals surface area contributed by atoms with Crippen LogP contribution in [0.25, 0.3) is 6.08 Å². The van der Waals surface area contributed by atoms with Gasteiger partial charge < -0.3 is 4.74 Å². The highest BCUT2D eigenvalue weighted by Gasteiger charge is 2.31. The molecule has 1 aliphatic heterocycles. The second-order valence-corrected chi connectivity index (χ2v) is 5.12. The fourth-order valence-corrected chi connectivity index (χ4v) is 2.22. The summed E-state index contributed by atoms with van der Waals surface area (Å²) in [6, 6.07) is 5.79. The summed E-state index contributed by atoms with van der Waals surface area (Å²) in [5.41, 5.74) is 1.89. The van der Waals surface area contributed by atoms with Gasteiger partial charge in [0, 0.05) is 24.5 Å². The van der Waals surface area contributed by atoms with Crippen molar-refractivity contribution < 1.29 is 9.66 Å². The van der Waals surface area contributed by atoms with Crippen LogP contribution in [0.1, 0.15) is 38.3 Å². The fourth-order valence-electron chi connectivity index (χ4n) is 2.22. The lowest BCUT2D eigenvalue weighted by Gasteiger charge is -2.17. The number of nitro groups is 1. The van der Waals surface area contributed by atoms with Crippen LogP contribution in [-0.2, 0) is 6.42 Å². The van der Waals surface area contributed by atoms with Crippen molar-refractivity contribution in [2.75, 3.05) is 0 Å². The van der Waals surface area contributed by atoms with Crippen LogP contribution in [0.5, 0.6) is 5.75 Å². The predicted molar refractivity (Wildman–Crippen MR) is 70.1 cm³/mol. The summed E-state index contributed by atoms with van der Waals surface area (Å²) < 4.78 is 5.88. The van der Waals surface area contributed by atoms with E-state index in [1.54, 1.807) is 13.0 Å². The van der Waals surface area contributed by atoms with E-state index in [0.29, 0.717) is 6.42 Å². The number of nitrogens with zero attached hydrogens (tertiary/aromatic N) is 1. The minimum Gasteiger partial charge on any atom is -0.487 e. The average Bonchev–Trinajstić information content (AvgIpc) is 2.60. The van der Waals surface area contributed by atoms with Crippen LogP contribution in [-0.4, -0.2) is 10.5 Å². The van der Waals surface area contributed by atoms with Gasteiger partial charge in [0.25, 0.3) is 0 Å². The van der Waals surface area contributed by atoms with E-state index in [1.807, 2.05) is 32.0 Å². The average molecular weight is 247 g/mol. The highest BCUT2D eigenvalue weighted by atomic mass is 16.6. The number of fused-ring (bicyclic) bond motifs is 1. The zero-order chi connectivity index (χ0) is 13.3. The molecule has 18 heavy (non-hydrogen) atoms. The molecule has 0 unspecified atom stereocenters. The molecule has 0 atom stereocenters. The van der Waals surface area contributed by atoms with E-state index < -0.39 is 0 Å². The van der Waals surface area contributed by atoms with Gasteiger partial charge in [-0.2, -0.15) is 0 Å². The molecule has 1 aromatic rings. The summed E-state index contributed by atoms with van der Waals surface area (Å²) in [7, 11) is 0. The van der Waals surface area contributed by atoms with Gasteiger partial charge in [0.15, 0.2) is 0 Å². The Balaban J connectivity index is 2.44. The van der Waals surface area contributed by atoms with Crippen LogP contribution < -0.4 is 4.74 Å². The first-order valence-corrected chi connectivity index (χ1v) is 6.09. The van der Waals surface area contributed by atoms with Crippen molar-refractivity contribution >= 4 is 6.08 Å². The summed E-state index contributed by atoms with van der Waals surface area (Å²) in [6.45, 7) is 5.83. The zero-order valence-electron chi connectivity index (χ0n) is 10.9. The van der Waals surface area contributed by atoms with E-state index in [2.05, 4.69) is 0 Å². The molecule has 0 fully saturated rings. The normalized spacial score (nSPS) is 17.2. The molecule has 0 aliphatic carbocycles. The summed E-state index contributed by atoms with van der Waals surface area (Å²) in [5.74, 6) is 0.787. The Morgan fingerprint density at radius 2 is 2.28 bits per heavy atom. The molecule has 0 aromatic heterocycles. The third-order valence-electron chi connectivity index (χ3n) is 3.04. The second kappa shape index (κ2) is 4.44. The maximum Gasteiger partial charge on any atom is 0.246 e. The Labute approximate surface area is 106 Å². The van der Waals surface area contributed by atoms with Crippen LogP contribution in [0, 0.1) is 10.1 Å². The fraction of sp³-hybridized carbons (Fsp3) is 0.429. The first kappa shape index (κ1) is 12.6. The molecule has 96 valence electrons. The summed E-state index contributed by atoms with van der Waals surface area (Å²) >= 11 is 0. The quantitative estimate of drug-likeness (QED) is 0.607. The molecule has 0 saturated carbocycles. The van der Waals surface area contributed by atoms with Crippen molar-refractivity contribution in [3.8, 4) is 5.75 Å². The van der Waals surface area contributed by atoms with E-state index in [0.717, 1.165) is 23.3 Å². The van der Waals surface area contributed by atoms with Crippen LogP contribution in [0.4, 0.5) is 0 Å². The van der Waals surface area contributed by atoms with Crippen molar-refractivity contribution in [2.24, 2.45) is 0 Å². The van der Waals surface area contributed by atoms with E-state index in [9.17, 15) is 10.1 Å². The monoisotopic (exact) mass is 247 g/mol. The number of allylic oxidation sites excluding steroid dienone is 1. The predicted octanol–water partition coefficient (Wildman–Crippen LogP) is 3.43. The maximum atomic E-state index is 10.9. The lowest BCUT2D eigenvalue weighted by atomic mass is 10.0. The molecule has 0 spiro atoms. The van der Waals surface area contributed by atoms with Crippen LogP contribution in [0.3, 0.4) is 0 Å². The molecule has 0 radical (unpaired) electrons. The minimum absolute atomic E-state index is 0.205. The van der Waals surface area contributed by atoms with Gasteiger partial charge in [0.05, 0.1) is 4.92 Å². The van der Waals surface area contributed by atoms with Gasteiger partial charge in [-0.1, -0.05) is 25.1 Å². The molecule has 1 aromatic carbocycles. The van der Waals surface area contributed by atoms with Crippen molar-refractivity contribution in [1.82, 2.24) is 0 Å². The molecular weight excluding hydrogens is 230 g/mol. The largest absolute Gasteiger partial charge is 0.487 e. The molecule has 2 rings (SSSR count). The first-order chi connectivity index (χ1) is 8.43. The van der Waals surface area contributed by atoms with Gasteiger partial charge in [-0.15, -0.1) is 0 Å². The highest BCUT2D eigenvalue weighted by Crippen LogP contribution is 2.38. The third-order valence-corrected chi connectivity index (χ3v) is 3.04. The van der Waals surface area contributed by atoms with Crippen molar-refractivity contribution in [1.29, 1.82) is 0 Å². The molecule has 4 heteroatoms. The second-order valence-electron chi connectivity index (χ2n) is 5.12. The molecular formula is C14H17NO3. The smallest absolute Gasteiger partial charge is 0.246 e. The van der Waals surface area contributed by atoms with Gasteiger partial charge in [-0.05, 0) is 19.4 Å². The Bertz CT molecular complexity index is 518. The summed E-state index contributed by atoms with van der Waals surface area (Å²) in [6.07, 6.45) is 2.85. The van der Waals surface area contributed by atoms with Gasteiger partial charge in [-0.3, -0.25) is 10.1 Å². The van der Waals surface area contributed by atoms with Crippen LogP contribution >= 0.6 is 0 Å². The Hall–Kier alpha value is -1.84. The SMILES string of the molecule is CCC(=Cc1cccc2c1OC(C)(C)C2)[N+](=O)[O-]. The molecule has 1 aliphatic rings. The number of para-hydroxylation sites is 1. The van der Waals surface area contributed by atoms with Crippen molar-refractivity contribution in [3.05, 3.63) is 45.1 Å². The van der Waals surface area contributed by atoms with Crippen LogP contribution in [0.2, 0.25) is 0 Å². The van der Waals surface area contributed by atoms with Crippen molar-refractivity contribution in [3.63, 3.8) is 0 Å². The Morgan fingerprint density at radius 1 is 1.56 bits per heavy atom. The molecule has 1 heterocycles. The highest BCUT2D eigenvalue weighted by molar-refractivity contribution is 5.62. The summed E-state index contributed by atoms with van der Waals surface area (Å²) in [5, 5.41) is 10.9. The number of ether oxygens (including phenoxy) is 1. The molecule has 0 saturated heterocycles. The van der Waals surface area contributed by atoms with E-state index in [1.165, 1.54) is 0 Å². The molecule has 0 amide bonds. The van der Waals surface area contributed by atoms with Gasteiger partial charge in [0.2, 0.25) is 5.70 Å². The Morgan fingerprint density at radius 3 is 2.89 bits per heavy atom. The number of hydrogen-bond acceptors (Lipinski definition) is 3. The lowest BCUT2D eigenvalue weighted by Crippen LogP contribution is -2.24. The number of rotatable bonds is 3. The maximum absolute atomic E-state index is 10.9. The molecule has 0 N–H and O–H groups in total.